The molecule has 19 heavy (non-hydrogen) atoms. The predicted molar refractivity (Wildman–Crippen MR) is 75.4 cm³/mol. The van der Waals surface area contributed by atoms with Crippen LogP contribution in [0.3, 0.4) is 0 Å². The molecule has 0 amide bonds. The summed E-state index contributed by atoms with van der Waals surface area (Å²) in [4.78, 5) is 0.371. The normalized spacial score (nSPS) is 16.5. The SMILES string of the molecule is CCCNCc1cc(S(=O)(=O)NC2CCC2)cn1C. The van der Waals surface area contributed by atoms with Gasteiger partial charge in [0.2, 0.25) is 10.0 Å². The van der Waals surface area contributed by atoms with Crippen LogP contribution in [-0.4, -0.2) is 25.6 Å². The lowest BCUT2D eigenvalue weighted by molar-refractivity contribution is 0.383. The summed E-state index contributed by atoms with van der Waals surface area (Å²) >= 11 is 0. The van der Waals surface area contributed by atoms with E-state index < -0.39 is 10.0 Å². The topological polar surface area (TPSA) is 63.1 Å². The molecule has 2 N–H and O–H groups in total. The van der Waals surface area contributed by atoms with E-state index in [4.69, 9.17) is 0 Å². The second kappa shape index (κ2) is 6.07. The van der Waals surface area contributed by atoms with Crippen molar-refractivity contribution in [2.24, 2.45) is 7.05 Å². The number of nitrogens with one attached hydrogen (secondary N) is 2. The van der Waals surface area contributed by atoms with Gasteiger partial charge in [-0.05, 0) is 31.9 Å². The Balaban J connectivity index is 2.05. The van der Waals surface area contributed by atoms with Crippen molar-refractivity contribution in [1.29, 1.82) is 0 Å². The maximum Gasteiger partial charge on any atom is 0.242 e. The third kappa shape index (κ3) is 3.58. The Labute approximate surface area is 115 Å². The van der Waals surface area contributed by atoms with Crippen LogP contribution in [0.15, 0.2) is 17.2 Å². The monoisotopic (exact) mass is 285 g/mol. The first kappa shape index (κ1) is 14.6. The lowest BCUT2D eigenvalue weighted by Crippen LogP contribution is -2.39. The van der Waals surface area contributed by atoms with Gasteiger partial charge in [-0.2, -0.15) is 0 Å². The molecule has 5 nitrogen and oxygen atoms in total. The second-order valence-electron chi connectivity index (χ2n) is 5.20. The van der Waals surface area contributed by atoms with Gasteiger partial charge in [0, 0.05) is 31.5 Å². The van der Waals surface area contributed by atoms with Gasteiger partial charge in [-0.25, -0.2) is 13.1 Å². The molecular formula is C13H23N3O2S. The number of nitrogens with zero attached hydrogens (tertiary/aromatic N) is 1. The number of hydrogen-bond acceptors (Lipinski definition) is 3. The van der Waals surface area contributed by atoms with Crippen molar-refractivity contribution in [3.05, 3.63) is 18.0 Å². The Morgan fingerprint density at radius 2 is 2.16 bits per heavy atom. The maximum absolute atomic E-state index is 12.2. The van der Waals surface area contributed by atoms with Crippen molar-refractivity contribution in [2.75, 3.05) is 6.54 Å². The Morgan fingerprint density at radius 3 is 2.74 bits per heavy atom. The molecule has 1 heterocycles. The van der Waals surface area contributed by atoms with E-state index in [1.165, 1.54) is 0 Å². The van der Waals surface area contributed by atoms with Gasteiger partial charge in [0.25, 0.3) is 0 Å². The van der Waals surface area contributed by atoms with E-state index in [0.29, 0.717) is 11.4 Å². The minimum absolute atomic E-state index is 0.131. The number of rotatable bonds is 7. The summed E-state index contributed by atoms with van der Waals surface area (Å²) in [6.45, 7) is 3.74. The molecule has 0 aliphatic heterocycles. The first-order chi connectivity index (χ1) is 9.03. The molecule has 108 valence electrons. The Hall–Kier alpha value is -0.850. The highest BCUT2D eigenvalue weighted by Gasteiger charge is 2.25. The van der Waals surface area contributed by atoms with E-state index in [2.05, 4.69) is 17.0 Å². The fourth-order valence-electron chi connectivity index (χ4n) is 2.11. The first-order valence-corrected chi connectivity index (χ1v) is 8.39. The number of aryl methyl sites for hydroxylation is 1. The number of hydrogen-bond donors (Lipinski definition) is 2. The number of sulfonamides is 1. The molecule has 0 radical (unpaired) electrons. The Morgan fingerprint density at radius 1 is 1.42 bits per heavy atom. The van der Waals surface area contributed by atoms with Gasteiger partial charge in [-0.15, -0.1) is 0 Å². The van der Waals surface area contributed by atoms with Gasteiger partial charge >= 0.3 is 0 Å². The number of aromatic nitrogens is 1. The van der Waals surface area contributed by atoms with Crippen molar-refractivity contribution in [3.8, 4) is 0 Å². The molecule has 1 aliphatic carbocycles. The molecule has 1 fully saturated rings. The fraction of sp³-hybridized carbons (Fsp3) is 0.692. The van der Waals surface area contributed by atoms with Crippen molar-refractivity contribution >= 4 is 10.0 Å². The van der Waals surface area contributed by atoms with E-state index >= 15 is 0 Å². The van der Waals surface area contributed by atoms with Crippen molar-refractivity contribution in [3.63, 3.8) is 0 Å². The summed E-state index contributed by atoms with van der Waals surface area (Å²) in [5.41, 5.74) is 0.988. The summed E-state index contributed by atoms with van der Waals surface area (Å²) in [5.74, 6) is 0. The zero-order chi connectivity index (χ0) is 13.9. The van der Waals surface area contributed by atoms with E-state index in [1.807, 2.05) is 11.6 Å². The zero-order valence-electron chi connectivity index (χ0n) is 11.6. The van der Waals surface area contributed by atoms with E-state index in [-0.39, 0.29) is 6.04 Å². The van der Waals surface area contributed by atoms with Crippen molar-refractivity contribution in [2.45, 2.75) is 50.1 Å². The zero-order valence-corrected chi connectivity index (χ0v) is 12.5. The third-order valence-corrected chi connectivity index (χ3v) is 5.04. The van der Waals surface area contributed by atoms with Crippen LogP contribution >= 0.6 is 0 Å². The van der Waals surface area contributed by atoms with Crippen LogP contribution in [0.5, 0.6) is 0 Å². The quantitative estimate of drug-likeness (QED) is 0.744. The fourth-order valence-corrected chi connectivity index (χ4v) is 3.51. The molecule has 1 aromatic rings. The molecule has 0 unspecified atom stereocenters. The largest absolute Gasteiger partial charge is 0.352 e. The third-order valence-electron chi connectivity index (χ3n) is 3.55. The van der Waals surface area contributed by atoms with Crippen LogP contribution in [0.2, 0.25) is 0 Å². The standard InChI is InChI=1S/C13H23N3O2S/c1-3-7-14-9-12-8-13(10-16(12)2)19(17,18)15-11-5-4-6-11/h8,10-11,14-15H,3-7,9H2,1-2H3. The smallest absolute Gasteiger partial charge is 0.242 e. The molecule has 1 aliphatic rings. The van der Waals surface area contributed by atoms with Crippen LogP contribution in [0.4, 0.5) is 0 Å². The minimum atomic E-state index is -3.35. The molecule has 0 atom stereocenters. The van der Waals surface area contributed by atoms with Gasteiger partial charge in [0.05, 0.1) is 4.90 Å². The van der Waals surface area contributed by atoms with Gasteiger partial charge in [-0.1, -0.05) is 13.3 Å². The highest BCUT2D eigenvalue weighted by molar-refractivity contribution is 7.89. The molecule has 0 spiro atoms. The molecular weight excluding hydrogens is 262 g/mol. The van der Waals surface area contributed by atoms with E-state index in [0.717, 1.165) is 37.9 Å². The van der Waals surface area contributed by atoms with Gasteiger partial charge in [0.15, 0.2) is 0 Å². The van der Waals surface area contributed by atoms with Gasteiger partial charge < -0.3 is 9.88 Å². The summed E-state index contributed by atoms with van der Waals surface area (Å²) in [6.07, 6.45) is 5.78. The molecule has 1 aromatic heterocycles. The second-order valence-corrected chi connectivity index (χ2v) is 6.92. The highest BCUT2D eigenvalue weighted by Crippen LogP contribution is 2.21. The lowest BCUT2D eigenvalue weighted by Gasteiger charge is -2.25. The van der Waals surface area contributed by atoms with Crippen LogP contribution in [-0.2, 0) is 23.6 Å². The van der Waals surface area contributed by atoms with Crippen LogP contribution in [0.1, 0.15) is 38.3 Å². The van der Waals surface area contributed by atoms with Crippen LogP contribution in [0, 0.1) is 0 Å². The molecule has 6 heteroatoms. The average molecular weight is 285 g/mol. The molecule has 0 bridgehead atoms. The summed E-state index contributed by atoms with van der Waals surface area (Å²) < 4.78 is 29.0. The first-order valence-electron chi connectivity index (χ1n) is 6.91. The summed E-state index contributed by atoms with van der Waals surface area (Å²) in [7, 11) is -1.47. The Kier molecular flexibility index (Phi) is 4.65. The van der Waals surface area contributed by atoms with E-state index in [1.54, 1.807) is 12.3 Å². The molecule has 0 saturated heterocycles. The van der Waals surface area contributed by atoms with E-state index in [9.17, 15) is 8.42 Å². The predicted octanol–water partition coefficient (Wildman–Crippen LogP) is 1.36. The molecule has 1 saturated carbocycles. The highest BCUT2D eigenvalue weighted by atomic mass is 32.2. The van der Waals surface area contributed by atoms with Crippen molar-refractivity contribution in [1.82, 2.24) is 14.6 Å². The maximum atomic E-state index is 12.2. The average Bonchev–Trinajstić information content (AvgIpc) is 2.67. The van der Waals surface area contributed by atoms with Crippen LogP contribution < -0.4 is 10.0 Å². The molecule has 0 aromatic carbocycles. The summed E-state index contributed by atoms with van der Waals surface area (Å²) in [5, 5.41) is 3.28. The van der Waals surface area contributed by atoms with Gasteiger partial charge in [-0.3, -0.25) is 0 Å². The van der Waals surface area contributed by atoms with Crippen LogP contribution in [0.25, 0.3) is 0 Å². The van der Waals surface area contributed by atoms with Gasteiger partial charge in [0.1, 0.15) is 0 Å². The lowest BCUT2D eigenvalue weighted by atomic mass is 9.94. The Bertz CT molecular complexity index is 518. The minimum Gasteiger partial charge on any atom is -0.352 e. The molecule has 2 rings (SSSR count). The van der Waals surface area contributed by atoms with Crippen molar-refractivity contribution < 1.29 is 8.42 Å². The summed E-state index contributed by atoms with van der Waals surface area (Å²) in [6, 6.07) is 1.88.